The van der Waals surface area contributed by atoms with Crippen LogP contribution in [-0.4, -0.2) is 69.3 Å². The van der Waals surface area contributed by atoms with E-state index in [0.29, 0.717) is 47.2 Å². The number of aromatic nitrogens is 4. The summed E-state index contributed by atoms with van der Waals surface area (Å²) in [5.41, 5.74) is 2.58. The molecule has 0 fully saturated rings. The van der Waals surface area contributed by atoms with Crippen LogP contribution in [0.2, 0.25) is 0 Å². The normalized spacial score (nSPS) is 15.0. The predicted molar refractivity (Wildman–Crippen MR) is 197 cm³/mol. The molecule has 1 N–H and O–H groups in total. The number of nitrogens with zero attached hydrogens (tertiary/aromatic N) is 8. The highest BCUT2D eigenvalue weighted by Gasteiger charge is 2.34. The van der Waals surface area contributed by atoms with Crippen LogP contribution < -0.4 is 9.80 Å². The molecule has 0 spiro atoms. The number of likely N-dealkylation sites (N-methyl/N-ethyl adjacent to an activating group) is 1. The Morgan fingerprint density at radius 2 is 1.62 bits per heavy atom. The van der Waals surface area contributed by atoms with Crippen LogP contribution in [0.4, 0.5) is 16.1 Å². The van der Waals surface area contributed by atoms with Crippen LogP contribution in [0.5, 0.6) is 0 Å². The van der Waals surface area contributed by atoms with Crippen molar-refractivity contribution >= 4 is 39.0 Å². The van der Waals surface area contributed by atoms with E-state index in [1.165, 1.54) is 43.2 Å². The number of benzene rings is 1. The number of carbonyl (C=O) groups is 1. The highest BCUT2D eigenvalue weighted by atomic mass is 32.1. The Kier molecular flexibility index (Phi) is 13.9. The van der Waals surface area contributed by atoms with Crippen LogP contribution in [0.3, 0.4) is 0 Å². The quantitative estimate of drug-likeness (QED) is 0.136. The molecule has 4 rings (SSSR count). The number of aliphatic hydroxyl groups is 1. The molecule has 2 unspecified atom stereocenters. The molecule has 0 aliphatic carbocycles. The van der Waals surface area contributed by atoms with E-state index in [-0.39, 0.29) is 18.0 Å². The number of carbonyl (C=O) groups excluding carboxylic acids is 1. The van der Waals surface area contributed by atoms with Crippen LogP contribution >= 0.6 is 11.3 Å². The Labute approximate surface area is 290 Å². The summed E-state index contributed by atoms with van der Waals surface area (Å²) in [4.78, 5) is 32.9. The number of aliphatic imine (C=N–C) groups is 1. The van der Waals surface area contributed by atoms with Gasteiger partial charge in [-0.1, -0.05) is 108 Å². The Hall–Kier alpha value is -3.88. The maximum Gasteiger partial charge on any atom is 0.291 e. The first-order valence-electron chi connectivity index (χ1n) is 17.7. The summed E-state index contributed by atoms with van der Waals surface area (Å²) in [6.45, 7) is 15.4. The topological polar surface area (TPSA) is 124 Å². The molecule has 258 valence electrons. The fourth-order valence-corrected chi connectivity index (χ4v) is 7.14. The molecule has 2 aromatic heterocycles. The Morgan fingerprint density at radius 1 is 0.979 bits per heavy atom. The van der Waals surface area contributed by atoms with Crippen LogP contribution in [-0.2, 0) is 0 Å². The van der Waals surface area contributed by atoms with Crippen LogP contribution in [0, 0.1) is 23.2 Å². The molecule has 0 saturated carbocycles. The van der Waals surface area contributed by atoms with Crippen molar-refractivity contribution in [2.24, 2.45) is 16.8 Å². The molecule has 3 heterocycles. The molecule has 2 atom stereocenters. The number of allylic oxidation sites excluding steroid dienone is 2. The van der Waals surface area contributed by atoms with Gasteiger partial charge < -0.3 is 14.9 Å². The fourth-order valence-electron chi connectivity index (χ4n) is 6.15. The molecule has 0 saturated heterocycles. The zero-order chi connectivity index (χ0) is 34.6. The van der Waals surface area contributed by atoms with Crippen LogP contribution in [0.15, 0.2) is 46.5 Å². The Balaban J connectivity index is 1.89. The molecule has 0 bridgehead atoms. The van der Waals surface area contributed by atoms with Gasteiger partial charge >= 0.3 is 0 Å². The average Bonchev–Trinajstić information content (AvgIpc) is 3.74. The van der Waals surface area contributed by atoms with Crippen molar-refractivity contribution in [3.63, 3.8) is 0 Å². The molecule has 48 heavy (non-hydrogen) atoms. The second-order valence-electron chi connectivity index (χ2n) is 12.6. The molecule has 0 radical (unpaired) electrons. The SMILES string of the molecule is CCCCC(CC)CN(CC(CC)CCCC)c1nc(-c2ccccc2)c(N=C2C(C)=C(C#N)C(=O)n3nc(N(CC)CCO)nc32)s1. The minimum Gasteiger partial charge on any atom is -0.395 e. The smallest absolute Gasteiger partial charge is 0.291 e. The molecular weight excluding hydrogens is 621 g/mol. The molecule has 0 amide bonds. The number of thiazole rings is 1. The van der Waals surface area contributed by atoms with Crippen molar-refractivity contribution in [1.82, 2.24) is 19.7 Å². The first-order valence-corrected chi connectivity index (χ1v) is 18.5. The maximum atomic E-state index is 13.4. The van der Waals surface area contributed by atoms with E-state index in [1.807, 2.05) is 37.3 Å². The monoisotopic (exact) mass is 672 g/mol. The number of hydrogen-bond donors (Lipinski definition) is 1. The van der Waals surface area contributed by atoms with Crippen LogP contribution in [0.1, 0.15) is 104 Å². The third-order valence-electron chi connectivity index (χ3n) is 9.26. The minimum atomic E-state index is -0.530. The van der Waals surface area contributed by atoms with Gasteiger partial charge in [0.1, 0.15) is 28.0 Å². The first kappa shape index (κ1) is 36.9. The lowest BCUT2D eigenvalue weighted by Gasteiger charge is -2.30. The van der Waals surface area contributed by atoms with Crippen molar-refractivity contribution in [1.29, 1.82) is 5.26 Å². The van der Waals surface area contributed by atoms with Gasteiger partial charge in [0.15, 0.2) is 11.0 Å². The van der Waals surface area contributed by atoms with E-state index in [2.05, 4.69) is 43.8 Å². The summed E-state index contributed by atoms with van der Waals surface area (Å²) in [6.07, 6.45) is 9.42. The van der Waals surface area contributed by atoms with Crippen molar-refractivity contribution in [2.75, 3.05) is 42.6 Å². The van der Waals surface area contributed by atoms with Gasteiger partial charge in [-0.25, -0.2) is 9.98 Å². The molecule has 11 heteroatoms. The number of hydrogen-bond acceptors (Lipinski definition) is 10. The van der Waals surface area contributed by atoms with Gasteiger partial charge in [-0.05, 0) is 38.5 Å². The van der Waals surface area contributed by atoms with E-state index in [1.54, 1.807) is 23.2 Å². The third kappa shape index (κ3) is 8.58. The van der Waals surface area contributed by atoms with Gasteiger partial charge in [-0.3, -0.25) is 4.79 Å². The van der Waals surface area contributed by atoms with Crippen molar-refractivity contribution in [3.8, 4) is 17.3 Å². The maximum absolute atomic E-state index is 13.4. The summed E-state index contributed by atoms with van der Waals surface area (Å²) in [5.74, 6) is 1.20. The second kappa shape index (κ2) is 18.0. The van der Waals surface area contributed by atoms with Gasteiger partial charge in [-0.2, -0.15) is 14.9 Å². The lowest BCUT2D eigenvalue weighted by molar-refractivity contribution is 0.0942. The van der Waals surface area contributed by atoms with Gasteiger partial charge in [0.05, 0.1) is 6.61 Å². The van der Waals surface area contributed by atoms with E-state index >= 15 is 0 Å². The summed E-state index contributed by atoms with van der Waals surface area (Å²) in [6, 6.07) is 12.2. The molecule has 3 aromatic rings. The number of anilines is 2. The van der Waals surface area contributed by atoms with Gasteiger partial charge in [0.25, 0.3) is 5.91 Å². The predicted octanol–water partition coefficient (Wildman–Crippen LogP) is 8.07. The van der Waals surface area contributed by atoms with Crippen molar-refractivity contribution in [2.45, 2.75) is 92.9 Å². The van der Waals surface area contributed by atoms with Crippen LogP contribution in [0.25, 0.3) is 11.3 Å². The highest BCUT2D eigenvalue weighted by molar-refractivity contribution is 7.19. The second-order valence-corrected chi connectivity index (χ2v) is 13.5. The van der Waals surface area contributed by atoms with Gasteiger partial charge in [0.2, 0.25) is 5.95 Å². The molecule has 1 aliphatic rings. The number of unbranched alkanes of at least 4 members (excludes halogenated alkanes) is 2. The largest absolute Gasteiger partial charge is 0.395 e. The summed E-state index contributed by atoms with van der Waals surface area (Å²) in [7, 11) is 0. The molecule has 1 aliphatic heterocycles. The number of fused-ring (bicyclic) bond motifs is 1. The van der Waals surface area contributed by atoms with Crippen molar-refractivity contribution in [3.05, 3.63) is 47.3 Å². The number of rotatable bonds is 19. The first-order chi connectivity index (χ1) is 23.3. The van der Waals surface area contributed by atoms with E-state index in [9.17, 15) is 15.2 Å². The lowest BCUT2D eigenvalue weighted by atomic mass is 9.96. The zero-order valence-corrected chi connectivity index (χ0v) is 30.4. The van der Waals surface area contributed by atoms with E-state index in [4.69, 9.17) is 15.0 Å². The Morgan fingerprint density at radius 3 is 2.17 bits per heavy atom. The summed E-state index contributed by atoms with van der Waals surface area (Å²) in [5, 5.41) is 25.8. The van der Waals surface area contributed by atoms with E-state index < -0.39 is 5.91 Å². The standard InChI is InChI=1S/C37H52N8O2S/c1-7-12-17-27(9-3)24-44(25-28(10-4)18-13-8-2)37-40-32(29-19-15-14-16-20-29)34(48-37)39-31-26(6)30(23-38)35(47)45-33(31)41-36(42-45)43(11-5)21-22-46/h14-16,19-20,27-28,46H,7-13,17-18,21-22,24-25H2,1-6H3. The third-order valence-corrected chi connectivity index (χ3v) is 10.3. The summed E-state index contributed by atoms with van der Waals surface area (Å²) < 4.78 is 1.18. The molecule has 10 nitrogen and oxygen atoms in total. The molecule has 1 aromatic carbocycles. The summed E-state index contributed by atoms with van der Waals surface area (Å²) >= 11 is 1.56. The minimum absolute atomic E-state index is 0.0149. The highest BCUT2D eigenvalue weighted by Crippen LogP contribution is 2.42. The Bertz CT molecular complexity index is 1580. The van der Waals surface area contributed by atoms with Gasteiger partial charge in [-0.15, -0.1) is 5.10 Å². The number of nitriles is 1. The zero-order valence-electron chi connectivity index (χ0n) is 29.6. The van der Waals surface area contributed by atoms with E-state index in [0.717, 1.165) is 42.3 Å². The van der Waals surface area contributed by atoms with Crippen molar-refractivity contribution < 1.29 is 9.90 Å². The molecular formula is C37H52N8O2S. The fraction of sp³-hybridized carbons (Fsp3) is 0.568. The van der Waals surface area contributed by atoms with Gasteiger partial charge in [0, 0.05) is 37.3 Å². The lowest BCUT2D eigenvalue weighted by Crippen LogP contribution is -2.34. The average molecular weight is 673 g/mol. The number of aliphatic hydroxyl groups excluding tert-OH is 1.